The normalized spacial score (nSPS) is 24.8. The molecule has 1 aliphatic heterocycles. The average Bonchev–Trinajstić information content (AvgIpc) is 3.10. The monoisotopic (exact) mass is 367 g/mol. The molecule has 3 rings (SSSR count). The van der Waals surface area contributed by atoms with Crippen molar-refractivity contribution in [1.82, 2.24) is 21.3 Å². The number of nitrogens with one attached hydrogen (secondary N) is 4. The lowest BCUT2D eigenvalue weighted by Crippen LogP contribution is -2.47. The van der Waals surface area contributed by atoms with E-state index in [9.17, 15) is 18.4 Å². The third-order valence-electron chi connectivity index (χ3n) is 4.97. The number of carbonyl (C=O) groups excluding carboxylic acids is 2. The summed E-state index contributed by atoms with van der Waals surface area (Å²) in [4.78, 5) is 26.4. The van der Waals surface area contributed by atoms with Gasteiger partial charge >= 0.3 is 0 Å². The summed E-state index contributed by atoms with van der Waals surface area (Å²) in [6.45, 7) is 1.88. The molecular weight excluding hydrogens is 344 g/mol. The molecule has 1 heterocycles. The van der Waals surface area contributed by atoms with Crippen LogP contribution in [0.1, 0.15) is 26.2 Å². The first-order chi connectivity index (χ1) is 12.5. The maximum absolute atomic E-state index is 13.7. The van der Waals surface area contributed by atoms with Crippen LogP contribution in [0.2, 0.25) is 0 Å². The SMILES string of the molecule is CCN(CC(=O)Nc1c(F)cccc1F)C(=O)C1CCC2NNNC2C1. The van der Waals surface area contributed by atoms with Crippen LogP contribution in [0.25, 0.3) is 0 Å². The molecule has 4 N–H and O–H groups in total. The van der Waals surface area contributed by atoms with Gasteiger partial charge in [-0.3, -0.25) is 9.59 Å². The van der Waals surface area contributed by atoms with Gasteiger partial charge < -0.3 is 10.2 Å². The molecule has 1 saturated carbocycles. The minimum atomic E-state index is -0.849. The zero-order chi connectivity index (χ0) is 18.7. The molecule has 2 amide bonds. The number of rotatable bonds is 5. The third-order valence-corrected chi connectivity index (χ3v) is 4.97. The molecular formula is C17H23F2N5O2. The van der Waals surface area contributed by atoms with Gasteiger partial charge in [-0.25, -0.2) is 19.6 Å². The van der Waals surface area contributed by atoms with Gasteiger partial charge in [-0.15, -0.1) is 0 Å². The van der Waals surface area contributed by atoms with Gasteiger partial charge in [0, 0.05) is 24.5 Å². The van der Waals surface area contributed by atoms with Gasteiger partial charge in [0.15, 0.2) is 0 Å². The Morgan fingerprint density at radius 1 is 1.19 bits per heavy atom. The maximum Gasteiger partial charge on any atom is 0.244 e. The van der Waals surface area contributed by atoms with E-state index in [-0.39, 0.29) is 24.4 Å². The Hall–Kier alpha value is -2.10. The van der Waals surface area contributed by atoms with Crippen LogP contribution < -0.4 is 21.7 Å². The highest BCUT2D eigenvalue weighted by Gasteiger charge is 2.38. The predicted molar refractivity (Wildman–Crippen MR) is 91.6 cm³/mol. The Labute approximate surface area is 150 Å². The molecule has 1 saturated heterocycles. The van der Waals surface area contributed by atoms with Crippen LogP contribution in [0.5, 0.6) is 0 Å². The molecule has 2 aliphatic rings. The lowest BCUT2D eigenvalue weighted by molar-refractivity contribution is -0.139. The number of para-hydroxylation sites is 1. The number of benzene rings is 1. The zero-order valence-electron chi connectivity index (χ0n) is 14.5. The van der Waals surface area contributed by atoms with Crippen molar-refractivity contribution in [2.24, 2.45) is 5.92 Å². The fourth-order valence-electron chi connectivity index (χ4n) is 3.53. The zero-order valence-corrected chi connectivity index (χ0v) is 14.5. The largest absolute Gasteiger partial charge is 0.333 e. The topological polar surface area (TPSA) is 85.5 Å². The predicted octanol–water partition coefficient (Wildman–Crippen LogP) is 0.902. The molecule has 26 heavy (non-hydrogen) atoms. The lowest BCUT2D eigenvalue weighted by atomic mass is 9.82. The number of hydrogen-bond donors (Lipinski definition) is 4. The molecule has 0 radical (unpaired) electrons. The molecule has 2 fully saturated rings. The van der Waals surface area contributed by atoms with Crippen molar-refractivity contribution in [3.05, 3.63) is 29.8 Å². The van der Waals surface area contributed by atoms with Crippen molar-refractivity contribution in [2.75, 3.05) is 18.4 Å². The van der Waals surface area contributed by atoms with Gasteiger partial charge in [-0.2, -0.15) is 5.53 Å². The van der Waals surface area contributed by atoms with Crippen molar-refractivity contribution in [3.8, 4) is 0 Å². The summed E-state index contributed by atoms with van der Waals surface area (Å²) in [5.41, 5.74) is 8.59. The lowest BCUT2D eigenvalue weighted by Gasteiger charge is -2.32. The Balaban J connectivity index is 1.59. The highest BCUT2D eigenvalue weighted by Crippen LogP contribution is 2.27. The molecule has 1 aromatic rings. The number of halogens is 2. The van der Waals surface area contributed by atoms with E-state index in [4.69, 9.17) is 0 Å². The summed E-state index contributed by atoms with van der Waals surface area (Å²) in [6.07, 6.45) is 2.26. The quantitative estimate of drug-likeness (QED) is 0.621. The molecule has 0 spiro atoms. The molecule has 1 aliphatic carbocycles. The maximum atomic E-state index is 13.7. The molecule has 3 unspecified atom stereocenters. The van der Waals surface area contributed by atoms with Crippen molar-refractivity contribution in [1.29, 1.82) is 0 Å². The summed E-state index contributed by atoms with van der Waals surface area (Å²) < 4.78 is 27.3. The van der Waals surface area contributed by atoms with Crippen molar-refractivity contribution >= 4 is 17.5 Å². The third kappa shape index (κ3) is 4.00. The second-order valence-corrected chi connectivity index (χ2v) is 6.63. The minimum absolute atomic E-state index is 0.108. The number of amides is 2. The van der Waals surface area contributed by atoms with Crippen molar-refractivity contribution < 1.29 is 18.4 Å². The Morgan fingerprint density at radius 2 is 1.88 bits per heavy atom. The Kier molecular flexibility index (Phi) is 5.80. The van der Waals surface area contributed by atoms with E-state index in [1.54, 1.807) is 6.92 Å². The van der Waals surface area contributed by atoms with Crippen LogP contribution in [0.3, 0.4) is 0 Å². The van der Waals surface area contributed by atoms with E-state index in [0.717, 1.165) is 25.0 Å². The summed E-state index contributed by atoms with van der Waals surface area (Å²) >= 11 is 0. The summed E-state index contributed by atoms with van der Waals surface area (Å²) in [7, 11) is 0. The van der Waals surface area contributed by atoms with E-state index < -0.39 is 23.2 Å². The molecule has 0 aromatic heterocycles. The number of likely N-dealkylation sites (N-methyl/N-ethyl adjacent to an activating group) is 1. The number of carbonyl (C=O) groups is 2. The standard InChI is InChI=1S/C17H23F2N5O2/c1-2-24(9-15(25)20-16-11(18)4-3-5-12(16)19)17(26)10-6-7-13-14(8-10)22-23-21-13/h3-5,10,13-14,21-23H,2,6-9H2,1H3,(H,20,25). The van der Waals surface area contributed by atoms with E-state index >= 15 is 0 Å². The van der Waals surface area contributed by atoms with Crippen molar-refractivity contribution in [3.63, 3.8) is 0 Å². The minimum Gasteiger partial charge on any atom is -0.333 e. The van der Waals surface area contributed by atoms with Crippen molar-refractivity contribution in [2.45, 2.75) is 38.3 Å². The van der Waals surface area contributed by atoms with Crippen LogP contribution in [-0.4, -0.2) is 41.9 Å². The average molecular weight is 367 g/mol. The molecule has 1 aromatic carbocycles. The molecule has 142 valence electrons. The number of hydrogen-bond acceptors (Lipinski definition) is 5. The smallest absolute Gasteiger partial charge is 0.244 e. The van der Waals surface area contributed by atoms with Gasteiger partial charge in [-0.1, -0.05) is 6.07 Å². The summed E-state index contributed by atoms with van der Waals surface area (Å²) in [5.74, 6) is -2.61. The second-order valence-electron chi connectivity index (χ2n) is 6.63. The molecule has 3 atom stereocenters. The molecule has 0 bridgehead atoms. The van der Waals surface area contributed by atoms with Crippen LogP contribution in [0, 0.1) is 17.6 Å². The van der Waals surface area contributed by atoms with Gasteiger partial charge in [-0.05, 0) is 38.3 Å². The Morgan fingerprint density at radius 3 is 2.58 bits per heavy atom. The van der Waals surface area contributed by atoms with E-state index in [0.29, 0.717) is 19.0 Å². The van der Waals surface area contributed by atoms with Gasteiger partial charge in [0.2, 0.25) is 11.8 Å². The van der Waals surface area contributed by atoms with Gasteiger partial charge in [0.25, 0.3) is 0 Å². The van der Waals surface area contributed by atoms with Crippen LogP contribution in [0.4, 0.5) is 14.5 Å². The highest BCUT2D eigenvalue weighted by molar-refractivity contribution is 5.95. The van der Waals surface area contributed by atoms with E-state index in [2.05, 4.69) is 21.7 Å². The number of fused-ring (bicyclic) bond motifs is 1. The fraction of sp³-hybridized carbons (Fsp3) is 0.529. The first kappa shape index (κ1) is 18.7. The first-order valence-corrected chi connectivity index (χ1v) is 8.78. The van der Waals surface area contributed by atoms with Crippen LogP contribution in [-0.2, 0) is 9.59 Å². The van der Waals surface area contributed by atoms with E-state index in [1.165, 1.54) is 11.0 Å². The molecule has 9 heteroatoms. The van der Waals surface area contributed by atoms with Crippen LogP contribution in [0.15, 0.2) is 18.2 Å². The van der Waals surface area contributed by atoms with Gasteiger partial charge in [0.05, 0.1) is 6.54 Å². The highest BCUT2D eigenvalue weighted by atomic mass is 19.1. The number of anilines is 1. The summed E-state index contributed by atoms with van der Waals surface area (Å²) in [6, 6.07) is 3.81. The number of nitrogens with zero attached hydrogens (tertiary/aromatic N) is 1. The number of hydrazine groups is 2. The second kappa shape index (κ2) is 8.07. The van der Waals surface area contributed by atoms with E-state index in [1.807, 2.05) is 0 Å². The summed E-state index contributed by atoms with van der Waals surface area (Å²) in [5, 5.41) is 2.22. The first-order valence-electron chi connectivity index (χ1n) is 8.78. The molecule has 7 nitrogen and oxygen atoms in total. The van der Waals surface area contributed by atoms with Gasteiger partial charge in [0.1, 0.15) is 17.3 Å². The fourth-order valence-corrected chi connectivity index (χ4v) is 3.53. The van der Waals surface area contributed by atoms with Crippen LogP contribution >= 0.6 is 0 Å². The Bertz CT molecular complexity index is 667.